The highest BCUT2D eigenvalue weighted by Crippen LogP contribution is 2.16. The summed E-state index contributed by atoms with van der Waals surface area (Å²) in [5.41, 5.74) is 7.05. The Balaban J connectivity index is 0.00000288. The van der Waals surface area contributed by atoms with Crippen molar-refractivity contribution >= 4 is 52.0 Å². The first-order chi connectivity index (χ1) is 11.1. The highest BCUT2D eigenvalue weighted by Gasteiger charge is 2.23. The van der Waals surface area contributed by atoms with E-state index in [4.69, 9.17) is 10.5 Å². The van der Waals surface area contributed by atoms with Gasteiger partial charge >= 0.3 is 6.09 Å². The predicted molar refractivity (Wildman–Crippen MR) is 110 cm³/mol. The lowest BCUT2D eigenvalue weighted by atomic mass is 10.1. The fraction of sp³-hybridized carbons (Fsp3) is 0.500. The molecule has 24 heavy (non-hydrogen) atoms. The summed E-state index contributed by atoms with van der Waals surface area (Å²) in [6.07, 6.45) is 1.44. The molecule has 134 valence electrons. The molecular weight excluding hydrogens is 487 g/mol. The van der Waals surface area contributed by atoms with Crippen molar-refractivity contribution in [2.75, 3.05) is 19.7 Å². The Morgan fingerprint density at radius 3 is 2.71 bits per heavy atom. The van der Waals surface area contributed by atoms with Crippen molar-refractivity contribution in [3.63, 3.8) is 0 Å². The Morgan fingerprint density at radius 2 is 2.08 bits per heavy atom. The molecule has 0 atom stereocenters. The van der Waals surface area contributed by atoms with E-state index in [9.17, 15) is 4.79 Å². The van der Waals surface area contributed by atoms with Gasteiger partial charge in [-0.15, -0.1) is 24.0 Å². The average molecular weight is 511 g/mol. The lowest BCUT2D eigenvalue weighted by Crippen LogP contribution is -2.48. The summed E-state index contributed by atoms with van der Waals surface area (Å²) in [5, 5.41) is 3.23. The first-order valence-electron chi connectivity index (χ1n) is 7.81. The van der Waals surface area contributed by atoms with Crippen LogP contribution in [0.1, 0.15) is 25.3 Å². The number of carbonyl (C=O) groups is 1. The fourth-order valence-corrected chi connectivity index (χ4v) is 2.88. The van der Waals surface area contributed by atoms with E-state index in [-0.39, 0.29) is 36.1 Å². The molecule has 0 unspecified atom stereocenters. The number of benzene rings is 1. The number of carbonyl (C=O) groups excluding carboxylic acids is 1. The molecule has 0 spiro atoms. The van der Waals surface area contributed by atoms with Gasteiger partial charge in [0, 0.05) is 23.6 Å². The van der Waals surface area contributed by atoms with E-state index >= 15 is 0 Å². The maximum atomic E-state index is 11.6. The second-order valence-corrected chi connectivity index (χ2v) is 6.25. The van der Waals surface area contributed by atoms with E-state index in [1.54, 1.807) is 4.90 Å². The van der Waals surface area contributed by atoms with Crippen LogP contribution in [0.15, 0.2) is 33.7 Å². The molecular formula is C16H24BrIN4O2. The number of hydrogen-bond acceptors (Lipinski definition) is 3. The van der Waals surface area contributed by atoms with Crippen LogP contribution in [0.5, 0.6) is 0 Å². The summed E-state index contributed by atoms with van der Waals surface area (Å²) in [5.74, 6) is 0.440. The first kappa shape index (κ1) is 21.0. The molecule has 2 rings (SSSR count). The Kier molecular flexibility index (Phi) is 9.42. The number of aliphatic imine (C=N–C) groups is 1. The van der Waals surface area contributed by atoms with Crippen LogP contribution in [0.2, 0.25) is 0 Å². The zero-order chi connectivity index (χ0) is 16.7. The van der Waals surface area contributed by atoms with E-state index in [0.717, 1.165) is 22.9 Å². The number of likely N-dealkylation sites (tertiary alicyclic amines) is 1. The van der Waals surface area contributed by atoms with E-state index in [2.05, 4.69) is 26.2 Å². The van der Waals surface area contributed by atoms with Crippen LogP contribution in [-0.4, -0.2) is 42.7 Å². The Hall–Kier alpha value is -1.03. The molecule has 1 amide bonds. The van der Waals surface area contributed by atoms with Crippen LogP contribution in [0, 0.1) is 0 Å². The van der Waals surface area contributed by atoms with Crippen LogP contribution < -0.4 is 11.1 Å². The number of piperidine rings is 1. The molecule has 6 nitrogen and oxygen atoms in total. The van der Waals surface area contributed by atoms with Crippen LogP contribution >= 0.6 is 39.9 Å². The smallest absolute Gasteiger partial charge is 0.409 e. The van der Waals surface area contributed by atoms with Crippen LogP contribution in [0.25, 0.3) is 0 Å². The molecule has 1 heterocycles. The van der Waals surface area contributed by atoms with E-state index < -0.39 is 0 Å². The van der Waals surface area contributed by atoms with Crippen LogP contribution in [-0.2, 0) is 11.3 Å². The van der Waals surface area contributed by atoms with Gasteiger partial charge in [0.15, 0.2) is 5.96 Å². The number of hydrogen-bond donors (Lipinski definition) is 2. The zero-order valence-corrected chi connectivity index (χ0v) is 17.6. The number of halogens is 2. The van der Waals surface area contributed by atoms with Gasteiger partial charge in [-0.1, -0.05) is 34.1 Å². The summed E-state index contributed by atoms with van der Waals surface area (Å²) < 4.78 is 6.04. The largest absolute Gasteiger partial charge is 0.450 e. The van der Waals surface area contributed by atoms with Crippen LogP contribution in [0.4, 0.5) is 4.79 Å². The Bertz CT molecular complexity index is 563. The van der Waals surface area contributed by atoms with Gasteiger partial charge in [0.1, 0.15) is 0 Å². The quantitative estimate of drug-likeness (QED) is 0.370. The molecule has 1 saturated heterocycles. The van der Waals surface area contributed by atoms with E-state index in [0.29, 0.717) is 32.2 Å². The molecule has 1 fully saturated rings. The van der Waals surface area contributed by atoms with E-state index in [1.807, 2.05) is 31.2 Å². The third-order valence-corrected chi connectivity index (χ3v) is 4.52. The lowest BCUT2D eigenvalue weighted by Gasteiger charge is -2.31. The third kappa shape index (κ3) is 6.46. The van der Waals surface area contributed by atoms with Gasteiger partial charge in [-0.25, -0.2) is 9.79 Å². The Labute approximate surface area is 168 Å². The van der Waals surface area contributed by atoms with E-state index in [1.165, 1.54) is 0 Å². The first-order valence-corrected chi connectivity index (χ1v) is 8.61. The molecule has 3 N–H and O–H groups in total. The minimum atomic E-state index is -0.235. The molecule has 0 radical (unpaired) electrons. The fourth-order valence-electron chi connectivity index (χ4n) is 2.47. The minimum Gasteiger partial charge on any atom is -0.450 e. The number of amides is 1. The molecule has 1 aromatic carbocycles. The summed E-state index contributed by atoms with van der Waals surface area (Å²) in [6, 6.07) is 8.18. The summed E-state index contributed by atoms with van der Waals surface area (Å²) in [4.78, 5) is 17.8. The Morgan fingerprint density at radius 1 is 1.42 bits per heavy atom. The normalized spacial score (nSPS) is 15.6. The van der Waals surface area contributed by atoms with Crippen molar-refractivity contribution in [3.05, 3.63) is 34.3 Å². The maximum Gasteiger partial charge on any atom is 0.409 e. The predicted octanol–water partition coefficient (Wildman–Crippen LogP) is 3.09. The molecule has 1 aromatic rings. The van der Waals surface area contributed by atoms with Crippen LogP contribution in [0.3, 0.4) is 0 Å². The monoisotopic (exact) mass is 510 g/mol. The second kappa shape index (κ2) is 10.8. The molecule has 8 heteroatoms. The van der Waals surface area contributed by atoms with Crippen molar-refractivity contribution in [2.45, 2.75) is 32.4 Å². The van der Waals surface area contributed by atoms with Crippen molar-refractivity contribution in [3.8, 4) is 0 Å². The highest BCUT2D eigenvalue weighted by atomic mass is 127. The standard InChI is InChI=1S/C16H23BrN4O2.HI/c1-2-23-16(22)21-9-7-13(8-10-21)20-15(18)19-11-12-5-3-4-6-14(12)17;/h3-6,13H,2,7-11H2,1H3,(H3,18,19,20);1H. The third-order valence-electron chi connectivity index (χ3n) is 3.75. The van der Waals surface area contributed by atoms with Gasteiger partial charge in [-0.2, -0.15) is 0 Å². The van der Waals surface area contributed by atoms with Gasteiger partial charge in [0.2, 0.25) is 0 Å². The van der Waals surface area contributed by atoms with Crippen molar-refractivity contribution in [1.29, 1.82) is 0 Å². The number of ether oxygens (including phenoxy) is 1. The molecule has 1 aliphatic heterocycles. The zero-order valence-electron chi connectivity index (χ0n) is 13.7. The number of nitrogens with two attached hydrogens (primary N) is 1. The molecule has 1 aliphatic rings. The highest BCUT2D eigenvalue weighted by molar-refractivity contribution is 14.0. The van der Waals surface area contributed by atoms with Gasteiger partial charge in [0.05, 0.1) is 13.2 Å². The molecule has 0 saturated carbocycles. The SMILES string of the molecule is CCOC(=O)N1CCC(NC(N)=NCc2ccccc2Br)CC1.I. The number of rotatable bonds is 4. The van der Waals surface area contributed by atoms with Gasteiger partial charge in [0.25, 0.3) is 0 Å². The van der Waals surface area contributed by atoms with Gasteiger partial charge in [-0.05, 0) is 31.4 Å². The summed E-state index contributed by atoms with van der Waals surface area (Å²) in [6.45, 7) is 4.10. The molecule has 0 aliphatic carbocycles. The van der Waals surface area contributed by atoms with Crippen molar-refractivity contribution < 1.29 is 9.53 Å². The second-order valence-electron chi connectivity index (χ2n) is 5.40. The number of guanidine groups is 1. The summed E-state index contributed by atoms with van der Waals surface area (Å²) >= 11 is 3.50. The molecule has 0 aromatic heterocycles. The lowest BCUT2D eigenvalue weighted by molar-refractivity contribution is 0.0963. The average Bonchev–Trinajstić information content (AvgIpc) is 2.55. The number of nitrogens with zero attached hydrogens (tertiary/aromatic N) is 2. The van der Waals surface area contributed by atoms with Crippen molar-refractivity contribution in [1.82, 2.24) is 10.2 Å². The topological polar surface area (TPSA) is 80.0 Å². The number of nitrogens with one attached hydrogen (secondary N) is 1. The molecule has 0 bridgehead atoms. The van der Waals surface area contributed by atoms with Crippen molar-refractivity contribution in [2.24, 2.45) is 10.7 Å². The maximum absolute atomic E-state index is 11.6. The van der Waals surface area contributed by atoms with Gasteiger partial charge in [-0.3, -0.25) is 0 Å². The minimum absolute atomic E-state index is 0. The van der Waals surface area contributed by atoms with Gasteiger partial charge < -0.3 is 20.7 Å². The summed E-state index contributed by atoms with van der Waals surface area (Å²) in [7, 11) is 0.